The van der Waals surface area contributed by atoms with E-state index in [1.807, 2.05) is 52.3 Å². The molecule has 1 aliphatic heterocycles. The van der Waals surface area contributed by atoms with E-state index < -0.39 is 0 Å². The van der Waals surface area contributed by atoms with Crippen molar-refractivity contribution in [1.82, 2.24) is 14.8 Å². The lowest BCUT2D eigenvalue weighted by atomic mass is 10.1. The van der Waals surface area contributed by atoms with Gasteiger partial charge in [0.1, 0.15) is 5.52 Å². The quantitative estimate of drug-likeness (QED) is 0.543. The Bertz CT molecular complexity index is 964. The fourth-order valence-corrected chi connectivity index (χ4v) is 4.32. The minimum absolute atomic E-state index is 0.0541. The Hall–Kier alpha value is -2.80. The zero-order valence-corrected chi connectivity index (χ0v) is 17.6. The van der Waals surface area contributed by atoms with Gasteiger partial charge in [-0.1, -0.05) is 54.2 Å². The summed E-state index contributed by atoms with van der Waals surface area (Å²) in [6.45, 7) is 2.36. The molecule has 2 heterocycles. The van der Waals surface area contributed by atoms with Crippen LogP contribution in [0.5, 0.6) is 0 Å². The van der Waals surface area contributed by atoms with E-state index in [9.17, 15) is 9.59 Å². The van der Waals surface area contributed by atoms with E-state index in [-0.39, 0.29) is 17.6 Å². The molecule has 30 heavy (non-hydrogen) atoms. The smallest absolute Gasteiger partial charge is 0.257 e. The summed E-state index contributed by atoms with van der Waals surface area (Å²) in [6, 6.07) is 17.8. The largest absolute Gasteiger partial charge is 0.431 e. The number of amides is 2. The molecule has 4 rings (SSSR count). The van der Waals surface area contributed by atoms with Crippen molar-refractivity contribution in [3.63, 3.8) is 0 Å². The van der Waals surface area contributed by atoms with Gasteiger partial charge in [-0.3, -0.25) is 9.59 Å². The van der Waals surface area contributed by atoms with Gasteiger partial charge in [0.25, 0.3) is 5.22 Å². The van der Waals surface area contributed by atoms with Crippen molar-refractivity contribution in [2.24, 2.45) is 0 Å². The molecule has 6 nitrogen and oxygen atoms in total. The standard InChI is InChI=1S/C23H25N3O3S/c27-21(12-6-9-18-7-2-1-3-8-18)25-13-15-26(16-14-25)22(28)17-30-23-24-19-10-4-5-11-20(19)29-23/h1-5,7-8,10-11H,6,9,12-17H2. The molecule has 1 aliphatic rings. The normalized spacial score (nSPS) is 14.3. The van der Waals surface area contributed by atoms with E-state index in [1.165, 1.54) is 17.3 Å². The lowest BCUT2D eigenvalue weighted by molar-refractivity contribution is -0.138. The van der Waals surface area contributed by atoms with Gasteiger partial charge in [0.15, 0.2) is 5.58 Å². The van der Waals surface area contributed by atoms with Crippen LogP contribution in [0.2, 0.25) is 0 Å². The molecular formula is C23H25N3O3S. The Labute approximate surface area is 180 Å². The molecule has 1 aromatic heterocycles. The molecule has 1 saturated heterocycles. The van der Waals surface area contributed by atoms with Crippen LogP contribution in [0, 0.1) is 0 Å². The van der Waals surface area contributed by atoms with Crippen LogP contribution < -0.4 is 0 Å². The summed E-state index contributed by atoms with van der Waals surface area (Å²) < 4.78 is 5.65. The third-order valence-electron chi connectivity index (χ3n) is 5.28. The fourth-order valence-electron chi connectivity index (χ4n) is 3.58. The van der Waals surface area contributed by atoms with Crippen molar-refractivity contribution < 1.29 is 14.0 Å². The van der Waals surface area contributed by atoms with Gasteiger partial charge >= 0.3 is 0 Å². The first kappa shape index (κ1) is 20.5. The molecule has 7 heteroatoms. The number of thioether (sulfide) groups is 1. The number of rotatable bonds is 7. The second-order valence-corrected chi connectivity index (χ2v) is 8.26. The molecule has 2 aromatic carbocycles. The molecule has 1 fully saturated rings. The third kappa shape index (κ3) is 5.21. The summed E-state index contributed by atoms with van der Waals surface area (Å²) in [6.07, 6.45) is 2.32. The molecule has 0 N–H and O–H groups in total. The highest BCUT2D eigenvalue weighted by Crippen LogP contribution is 2.23. The van der Waals surface area contributed by atoms with Gasteiger partial charge in [-0.15, -0.1) is 0 Å². The lowest BCUT2D eigenvalue weighted by Gasteiger charge is -2.34. The number of aromatic nitrogens is 1. The summed E-state index contributed by atoms with van der Waals surface area (Å²) in [5.41, 5.74) is 2.79. The number of carbonyl (C=O) groups is 2. The molecule has 0 bridgehead atoms. The van der Waals surface area contributed by atoms with Crippen LogP contribution in [0.15, 0.2) is 64.2 Å². The summed E-state index contributed by atoms with van der Waals surface area (Å²) in [5.74, 6) is 0.523. The van der Waals surface area contributed by atoms with E-state index in [1.54, 1.807) is 0 Å². The van der Waals surface area contributed by atoms with Crippen LogP contribution in [0.4, 0.5) is 0 Å². The highest BCUT2D eigenvalue weighted by atomic mass is 32.2. The molecule has 0 radical (unpaired) electrons. The predicted octanol–water partition coefficient (Wildman–Crippen LogP) is 3.61. The maximum absolute atomic E-state index is 12.5. The molecule has 0 unspecified atom stereocenters. The van der Waals surface area contributed by atoms with Crippen molar-refractivity contribution in [3.8, 4) is 0 Å². The third-order valence-corrected chi connectivity index (χ3v) is 6.09. The van der Waals surface area contributed by atoms with Gasteiger partial charge in [0.05, 0.1) is 5.75 Å². The first-order chi connectivity index (χ1) is 14.7. The maximum Gasteiger partial charge on any atom is 0.257 e. The topological polar surface area (TPSA) is 66.7 Å². The first-order valence-electron chi connectivity index (χ1n) is 10.3. The van der Waals surface area contributed by atoms with E-state index in [4.69, 9.17) is 4.42 Å². The lowest BCUT2D eigenvalue weighted by Crippen LogP contribution is -2.51. The number of fused-ring (bicyclic) bond motifs is 1. The second-order valence-electron chi connectivity index (χ2n) is 7.34. The first-order valence-corrected chi connectivity index (χ1v) is 11.3. The van der Waals surface area contributed by atoms with Gasteiger partial charge in [0.2, 0.25) is 11.8 Å². The number of para-hydroxylation sites is 2. The average molecular weight is 424 g/mol. The Balaban J connectivity index is 1.18. The minimum atomic E-state index is 0.0541. The van der Waals surface area contributed by atoms with Gasteiger partial charge in [-0.25, -0.2) is 4.98 Å². The van der Waals surface area contributed by atoms with E-state index in [0.29, 0.717) is 37.8 Å². The van der Waals surface area contributed by atoms with Gasteiger partial charge in [-0.05, 0) is 30.5 Å². The van der Waals surface area contributed by atoms with E-state index in [0.717, 1.165) is 23.9 Å². The number of hydrogen-bond donors (Lipinski definition) is 0. The van der Waals surface area contributed by atoms with Crippen molar-refractivity contribution in [2.45, 2.75) is 24.5 Å². The zero-order valence-electron chi connectivity index (χ0n) is 16.8. The van der Waals surface area contributed by atoms with Crippen molar-refractivity contribution in [1.29, 1.82) is 0 Å². The Kier molecular flexibility index (Phi) is 6.69. The number of piperazine rings is 1. The predicted molar refractivity (Wildman–Crippen MR) is 117 cm³/mol. The molecule has 2 amide bonds. The molecule has 0 saturated carbocycles. The second kappa shape index (κ2) is 9.80. The van der Waals surface area contributed by atoms with Crippen LogP contribution in [0.3, 0.4) is 0 Å². The SMILES string of the molecule is O=C(CCCc1ccccc1)N1CCN(C(=O)CSc2nc3ccccc3o2)CC1. The zero-order chi connectivity index (χ0) is 20.8. The highest BCUT2D eigenvalue weighted by Gasteiger charge is 2.24. The van der Waals surface area contributed by atoms with Crippen LogP contribution >= 0.6 is 11.8 Å². The van der Waals surface area contributed by atoms with Crippen molar-refractivity contribution >= 4 is 34.7 Å². The minimum Gasteiger partial charge on any atom is -0.431 e. The Morgan fingerprint density at radius 2 is 1.57 bits per heavy atom. The van der Waals surface area contributed by atoms with Crippen molar-refractivity contribution in [3.05, 3.63) is 60.2 Å². The molecular weight excluding hydrogens is 398 g/mol. The van der Waals surface area contributed by atoms with Gasteiger partial charge in [-0.2, -0.15) is 0 Å². The summed E-state index contributed by atoms with van der Waals surface area (Å²) in [5, 5.41) is 0.511. The van der Waals surface area contributed by atoms with Crippen LogP contribution in [-0.4, -0.2) is 58.5 Å². The summed E-state index contributed by atoms with van der Waals surface area (Å²) >= 11 is 1.31. The average Bonchev–Trinajstić information content (AvgIpc) is 3.21. The molecule has 0 spiro atoms. The molecule has 0 aliphatic carbocycles. The summed E-state index contributed by atoms with van der Waals surface area (Å²) in [4.78, 5) is 33.1. The van der Waals surface area contributed by atoms with E-state index in [2.05, 4.69) is 17.1 Å². The molecule has 156 valence electrons. The number of aryl methyl sites for hydroxylation is 1. The number of oxazole rings is 1. The summed E-state index contributed by atoms with van der Waals surface area (Å²) in [7, 11) is 0. The maximum atomic E-state index is 12.5. The number of nitrogens with zero attached hydrogens (tertiary/aromatic N) is 3. The number of carbonyl (C=O) groups excluding carboxylic acids is 2. The number of benzene rings is 2. The number of hydrogen-bond acceptors (Lipinski definition) is 5. The van der Waals surface area contributed by atoms with Crippen LogP contribution in [0.25, 0.3) is 11.1 Å². The Morgan fingerprint density at radius 1 is 0.900 bits per heavy atom. The van der Waals surface area contributed by atoms with Crippen molar-refractivity contribution in [2.75, 3.05) is 31.9 Å². The van der Waals surface area contributed by atoms with Crippen LogP contribution in [-0.2, 0) is 16.0 Å². The van der Waals surface area contributed by atoms with E-state index >= 15 is 0 Å². The highest BCUT2D eigenvalue weighted by molar-refractivity contribution is 7.99. The van der Waals surface area contributed by atoms with Crippen LogP contribution in [0.1, 0.15) is 18.4 Å². The monoisotopic (exact) mass is 423 g/mol. The van der Waals surface area contributed by atoms with Gasteiger partial charge in [0, 0.05) is 32.6 Å². The molecule has 0 atom stereocenters. The fraction of sp³-hybridized carbons (Fsp3) is 0.348. The Morgan fingerprint density at radius 3 is 2.30 bits per heavy atom. The molecule has 3 aromatic rings. The van der Waals surface area contributed by atoms with Gasteiger partial charge < -0.3 is 14.2 Å².